The molecule has 5 heterocycles. The molecule has 8 bridgehead atoms. The van der Waals surface area contributed by atoms with Crippen LogP contribution in [0.15, 0.2) is 24.1 Å². The molecule has 54 heavy (non-hydrogen) atoms. The summed E-state index contributed by atoms with van der Waals surface area (Å²) in [5.41, 5.74) is 10.5. The van der Waals surface area contributed by atoms with Crippen molar-refractivity contribution in [3.8, 4) is 0 Å². The molecule has 1 saturated heterocycles. The molecule has 1 unspecified atom stereocenters. The van der Waals surface area contributed by atoms with Gasteiger partial charge in [0.15, 0.2) is 0 Å². The Labute approximate surface area is 317 Å². The number of fused-ring (bicyclic) bond motifs is 8. The number of aromatic amines is 3. The topological polar surface area (TPSA) is 152 Å². The van der Waals surface area contributed by atoms with Crippen molar-refractivity contribution in [1.82, 2.24) is 20.3 Å². The second-order valence-corrected chi connectivity index (χ2v) is 15.0. The molecule has 1 aliphatic carbocycles. The van der Waals surface area contributed by atoms with Gasteiger partial charge in [-0.25, -0.2) is 0 Å². The van der Waals surface area contributed by atoms with Crippen molar-refractivity contribution in [3.63, 3.8) is 0 Å². The van der Waals surface area contributed by atoms with E-state index in [1.165, 1.54) is 12.7 Å². The second-order valence-electron chi connectivity index (χ2n) is 15.0. The van der Waals surface area contributed by atoms with Crippen LogP contribution in [0.2, 0.25) is 0 Å². The quantitative estimate of drug-likeness (QED) is 0.0782. The van der Waals surface area contributed by atoms with Crippen LogP contribution < -0.4 is 26.6 Å². The molecule has 3 aromatic rings. The maximum atomic E-state index is 13.6. The minimum Gasteiger partial charge on any atom is -0.516 e. The van der Waals surface area contributed by atoms with Gasteiger partial charge in [-0.05, 0) is 104 Å². The summed E-state index contributed by atoms with van der Waals surface area (Å²) >= 11 is 0. The molecule has 0 radical (unpaired) electrons. The van der Waals surface area contributed by atoms with E-state index < -0.39 is 17.9 Å². The first kappa shape index (κ1) is 38.6. The molecule has 0 saturated carbocycles. The van der Waals surface area contributed by atoms with Gasteiger partial charge in [-0.2, -0.15) is 0 Å². The SMILES string of the molecule is C=Cc1c2[nH]c(c1C)/C=C1\NC(C3=c4[nH]c(c(C)c4=C(O)[C@@H]3C(=O)OC)/C=c3\[nH]/c(c(C)c3CC)=C\2)[C@@H](CCC(=O)OCC/C(=C\O)CCCCC)[C@@H]1C. The predicted octanol–water partition coefficient (Wildman–Crippen LogP) is 5.39. The molecular formula is C44H56N4O6. The summed E-state index contributed by atoms with van der Waals surface area (Å²) < 4.78 is 11.0. The number of esters is 2. The molecule has 3 aromatic heterocycles. The van der Waals surface area contributed by atoms with Gasteiger partial charge in [0.2, 0.25) is 0 Å². The zero-order valence-corrected chi connectivity index (χ0v) is 32.8. The molecule has 10 heteroatoms. The fraction of sp³-hybridized carbons (Fsp3) is 0.455. The van der Waals surface area contributed by atoms with Crippen LogP contribution in [-0.2, 0) is 25.5 Å². The zero-order chi connectivity index (χ0) is 38.8. The van der Waals surface area contributed by atoms with Gasteiger partial charge in [0.1, 0.15) is 11.7 Å². The molecule has 2 aliphatic heterocycles. The van der Waals surface area contributed by atoms with Gasteiger partial charge in [-0.15, -0.1) is 0 Å². The van der Waals surface area contributed by atoms with Crippen LogP contribution in [-0.4, -0.2) is 56.9 Å². The number of aliphatic hydroxyl groups excluding tert-OH is 2. The van der Waals surface area contributed by atoms with E-state index >= 15 is 0 Å². The molecular weight excluding hydrogens is 681 g/mol. The van der Waals surface area contributed by atoms with Crippen molar-refractivity contribution in [2.24, 2.45) is 17.8 Å². The summed E-state index contributed by atoms with van der Waals surface area (Å²) in [6, 6.07) is -0.418. The van der Waals surface area contributed by atoms with Crippen molar-refractivity contribution in [2.45, 2.75) is 99.0 Å². The van der Waals surface area contributed by atoms with E-state index in [9.17, 15) is 19.8 Å². The highest BCUT2D eigenvalue weighted by Gasteiger charge is 2.47. The van der Waals surface area contributed by atoms with Crippen molar-refractivity contribution in [3.05, 3.63) is 90.3 Å². The van der Waals surface area contributed by atoms with Crippen LogP contribution in [0.1, 0.15) is 111 Å². The number of H-pyrrole nitrogens is 3. The fourth-order valence-corrected chi connectivity index (χ4v) is 8.79. The molecule has 0 aromatic carbocycles. The van der Waals surface area contributed by atoms with E-state index in [1.54, 1.807) is 0 Å². The van der Waals surface area contributed by atoms with Crippen LogP contribution in [0, 0.1) is 38.5 Å². The lowest BCUT2D eigenvalue weighted by Crippen LogP contribution is -2.38. The Morgan fingerprint density at radius 1 is 0.926 bits per heavy atom. The van der Waals surface area contributed by atoms with Crippen LogP contribution in [0.4, 0.5) is 0 Å². The molecule has 288 valence electrons. The third-order valence-electron chi connectivity index (χ3n) is 12.0. The lowest BCUT2D eigenvalue weighted by Gasteiger charge is -2.26. The molecule has 0 amide bonds. The van der Waals surface area contributed by atoms with Crippen LogP contribution in [0.3, 0.4) is 0 Å². The third kappa shape index (κ3) is 6.98. The fourth-order valence-electron chi connectivity index (χ4n) is 8.79. The number of methoxy groups -OCH3 is 1. The predicted molar refractivity (Wildman–Crippen MR) is 214 cm³/mol. The highest BCUT2D eigenvalue weighted by molar-refractivity contribution is 5.95. The van der Waals surface area contributed by atoms with Gasteiger partial charge in [-0.3, -0.25) is 9.59 Å². The summed E-state index contributed by atoms with van der Waals surface area (Å²) in [4.78, 5) is 37.7. The maximum Gasteiger partial charge on any atom is 0.320 e. The summed E-state index contributed by atoms with van der Waals surface area (Å²) in [5.74, 6) is -2.10. The summed E-state index contributed by atoms with van der Waals surface area (Å²) in [7, 11) is 1.34. The first-order valence-electron chi connectivity index (χ1n) is 19.4. The lowest BCUT2D eigenvalue weighted by molar-refractivity contribution is -0.144. The lowest BCUT2D eigenvalue weighted by atomic mass is 9.80. The zero-order valence-electron chi connectivity index (χ0n) is 32.8. The van der Waals surface area contributed by atoms with Crippen molar-refractivity contribution in [2.75, 3.05) is 13.7 Å². The van der Waals surface area contributed by atoms with Crippen molar-refractivity contribution >= 4 is 47.6 Å². The Balaban J connectivity index is 1.47. The Hall–Kier alpha value is -5.12. The smallest absolute Gasteiger partial charge is 0.320 e. The largest absolute Gasteiger partial charge is 0.516 e. The number of unbranched alkanes of at least 4 members (excludes halogenated alkanes) is 2. The summed E-state index contributed by atoms with van der Waals surface area (Å²) in [6.07, 6.45) is 15.3. The standard InChI is InChI=1S/C44H56N4O6/c1-9-12-13-14-27(22-49)17-18-54-37(50)16-15-30-25(6)33-19-31-23(4)28(10-2)35(45-31)20-32-24(5)29(11-3)36(46-32)21-34-26(7)38-42(48-34)39(41(30)47-33)40(43(38)51)44(52)53-8/h10,19-22,25,30,40-41,45-49,51H,2,9,11-18H2,1,3-8H3/b27-22-,32-20-,33-19-,36-21-/t25-,30-,40+,41?/m0/s1. The average molecular weight is 737 g/mol. The highest BCUT2D eigenvalue weighted by atomic mass is 16.5. The van der Waals surface area contributed by atoms with E-state index in [-0.39, 0.29) is 36.6 Å². The first-order valence-corrected chi connectivity index (χ1v) is 19.4. The molecule has 6 N–H and O–H groups in total. The van der Waals surface area contributed by atoms with Gasteiger partial charge < -0.3 is 40.0 Å². The molecule has 10 nitrogen and oxygen atoms in total. The number of nitrogens with one attached hydrogen (secondary N) is 4. The Morgan fingerprint density at radius 2 is 1.67 bits per heavy atom. The van der Waals surface area contributed by atoms with Crippen LogP contribution in [0.25, 0.3) is 35.6 Å². The molecule has 3 aliphatic rings. The number of hydrogen-bond donors (Lipinski definition) is 6. The van der Waals surface area contributed by atoms with Crippen molar-refractivity contribution in [1.29, 1.82) is 0 Å². The minimum atomic E-state index is -1.01. The number of aromatic nitrogens is 3. The number of aliphatic hydroxyl groups is 2. The van der Waals surface area contributed by atoms with Crippen LogP contribution in [0.5, 0.6) is 0 Å². The van der Waals surface area contributed by atoms with Gasteiger partial charge in [0.25, 0.3) is 0 Å². The first-order chi connectivity index (χ1) is 26.0. The number of hydrogen-bond acceptors (Lipinski definition) is 7. The number of ether oxygens (including phenoxy) is 2. The van der Waals surface area contributed by atoms with Crippen molar-refractivity contribution < 1.29 is 29.3 Å². The number of carbonyl (C=O) groups excluding carboxylic acids is 2. The van der Waals surface area contributed by atoms with Gasteiger partial charge in [-0.1, -0.05) is 46.3 Å². The van der Waals surface area contributed by atoms with Gasteiger partial charge >= 0.3 is 11.9 Å². The third-order valence-corrected chi connectivity index (χ3v) is 12.0. The Bertz CT molecular complexity index is 2280. The van der Waals surface area contributed by atoms with E-state index in [2.05, 4.69) is 79.7 Å². The molecule has 1 fully saturated rings. The minimum absolute atomic E-state index is 0.0361. The number of rotatable bonds is 13. The monoisotopic (exact) mass is 736 g/mol. The Morgan fingerprint density at radius 3 is 2.35 bits per heavy atom. The van der Waals surface area contributed by atoms with Gasteiger partial charge in [0, 0.05) is 63.0 Å². The highest BCUT2D eigenvalue weighted by Crippen LogP contribution is 2.42. The van der Waals surface area contributed by atoms with E-state index in [0.717, 1.165) is 99.7 Å². The molecule has 0 spiro atoms. The maximum absolute atomic E-state index is 13.6. The molecule has 6 rings (SSSR count). The normalized spacial score (nSPS) is 22.5. The van der Waals surface area contributed by atoms with Crippen LogP contribution >= 0.6 is 0 Å². The summed E-state index contributed by atoms with van der Waals surface area (Å²) in [5, 5.41) is 28.6. The Kier molecular flexibility index (Phi) is 11.5. The second kappa shape index (κ2) is 16.1. The number of allylic oxidation sites excluding steroid dienone is 1. The van der Waals surface area contributed by atoms with E-state index in [0.29, 0.717) is 29.0 Å². The van der Waals surface area contributed by atoms with Gasteiger partial charge in [0.05, 0.1) is 31.4 Å². The van der Waals surface area contributed by atoms with E-state index in [1.807, 2.05) is 13.0 Å². The molecule has 4 atom stereocenters. The van der Waals surface area contributed by atoms with E-state index in [4.69, 9.17) is 9.47 Å². The average Bonchev–Trinajstić information content (AvgIpc) is 3.90. The summed E-state index contributed by atoms with van der Waals surface area (Å²) in [6.45, 7) is 16.9. The number of carbonyl (C=O) groups is 2.